The molecule has 2 heterocycles. The highest BCUT2D eigenvalue weighted by Crippen LogP contribution is 2.22. The van der Waals surface area contributed by atoms with E-state index in [-0.39, 0.29) is 0 Å². The van der Waals surface area contributed by atoms with Crippen LogP contribution in [-0.2, 0) is 6.42 Å². The molecule has 0 saturated carbocycles. The number of rotatable bonds is 2. The second kappa shape index (κ2) is 4.41. The standard InChI is InChI=1S/C11H18N2S/c1-8-11(13-9(2)14-8)6-10-4-3-5-12-7-10/h10,12H,3-7H2,1-2H3. The maximum absolute atomic E-state index is 4.60. The summed E-state index contributed by atoms with van der Waals surface area (Å²) in [5.74, 6) is 0.809. The highest BCUT2D eigenvalue weighted by atomic mass is 32.1. The molecule has 0 aliphatic carbocycles. The highest BCUT2D eigenvalue weighted by Gasteiger charge is 2.16. The summed E-state index contributed by atoms with van der Waals surface area (Å²) >= 11 is 1.83. The zero-order valence-corrected chi connectivity index (χ0v) is 9.78. The van der Waals surface area contributed by atoms with Crippen LogP contribution in [0.1, 0.15) is 28.4 Å². The minimum atomic E-state index is 0.809. The van der Waals surface area contributed by atoms with Crippen molar-refractivity contribution in [3.05, 3.63) is 15.6 Å². The van der Waals surface area contributed by atoms with Crippen LogP contribution in [-0.4, -0.2) is 18.1 Å². The van der Waals surface area contributed by atoms with Gasteiger partial charge in [-0.2, -0.15) is 0 Å². The molecule has 1 aliphatic rings. The average Bonchev–Trinajstić information content (AvgIpc) is 2.47. The summed E-state index contributed by atoms with van der Waals surface area (Å²) in [6.07, 6.45) is 3.86. The molecule has 1 fully saturated rings. The Morgan fingerprint density at radius 2 is 2.36 bits per heavy atom. The third-order valence-corrected chi connectivity index (χ3v) is 3.81. The molecule has 78 valence electrons. The summed E-state index contributed by atoms with van der Waals surface area (Å²) in [4.78, 5) is 6.01. The van der Waals surface area contributed by atoms with Gasteiger partial charge in [-0.3, -0.25) is 0 Å². The molecule has 0 bridgehead atoms. The van der Waals surface area contributed by atoms with Crippen molar-refractivity contribution in [1.29, 1.82) is 0 Å². The topological polar surface area (TPSA) is 24.9 Å². The van der Waals surface area contributed by atoms with Crippen molar-refractivity contribution in [2.45, 2.75) is 33.1 Å². The number of piperidine rings is 1. The monoisotopic (exact) mass is 210 g/mol. The largest absolute Gasteiger partial charge is 0.316 e. The average molecular weight is 210 g/mol. The van der Waals surface area contributed by atoms with Crippen molar-refractivity contribution in [3.8, 4) is 0 Å². The molecule has 0 amide bonds. The van der Waals surface area contributed by atoms with Crippen LogP contribution in [0.3, 0.4) is 0 Å². The number of aromatic nitrogens is 1. The van der Waals surface area contributed by atoms with Gasteiger partial charge in [-0.25, -0.2) is 4.98 Å². The zero-order chi connectivity index (χ0) is 9.97. The Kier molecular flexibility index (Phi) is 3.19. The third kappa shape index (κ3) is 2.34. The molecular formula is C11H18N2S. The summed E-state index contributed by atoms with van der Waals surface area (Å²) in [6, 6.07) is 0. The van der Waals surface area contributed by atoms with E-state index < -0.39 is 0 Å². The fourth-order valence-electron chi connectivity index (χ4n) is 2.13. The maximum atomic E-state index is 4.60. The predicted molar refractivity (Wildman–Crippen MR) is 60.9 cm³/mol. The van der Waals surface area contributed by atoms with Crippen LogP contribution in [0.25, 0.3) is 0 Å². The molecule has 1 N–H and O–H groups in total. The third-order valence-electron chi connectivity index (χ3n) is 2.88. The molecular weight excluding hydrogens is 192 g/mol. The van der Waals surface area contributed by atoms with Gasteiger partial charge in [0.1, 0.15) is 0 Å². The van der Waals surface area contributed by atoms with Crippen molar-refractivity contribution in [1.82, 2.24) is 10.3 Å². The van der Waals surface area contributed by atoms with E-state index in [0.717, 1.165) is 5.92 Å². The molecule has 1 saturated heterocycles. The van der Waals surface area contributed by atoms with E-state index in [1.54, 1.807) is 0 Å². The highest BCUT2D eigenvalue weighted by molar-refractivity contribution is 7.11. The lowest BCUT2D eigenvalue weighted by Gasteiger charge is -2.22. The first-order valence-corrected chi connectivity index (χ1v) is 6.21. The van der Waals surface area contributed by atoms with Crippen LogP contribution in [0.5, 0.6) is 0 Å². The molecule has 14 heavy (non-hydrogen) atoms. The lowest BCUT2D eigenvalue weighted by molar-refractivity contribution is 0.373. The van der Waals surface area contributed by atoms with E-state index in [9.17, 15) is 0 Å². The Hall–Kier alpha value is -0.410. The minimum absolute atomic E-state index is 0.809. The number of hydrogen-bond acceptors (Lipinski definition) is 3. The molecule has 0 radical (unpaired) electrons. The van der Waals surface area contributed by atoms with Gasteiger partial charge in [-0.15, -0.1) is 11.3 Å². The molecule has 0 aromatic carbocycles. The van der Waals surface area contributed by atoms with Crippen LogP contribution < -0.4 is 5.32 Å². The van der Waals surface area contributed by atoms with Crippen molar-refractivity contribution >= 4 is 11.3 Å². The lowest BCUT2D eigenvalue weighted by Crippen LogP contribution is -2.31. The van der Waals surface area contributed by atoms with Gasteiger partial charge in [0.15, 0.2) is 0 Å². The van der Waals surface area contributed by atoms with E-state index in [1.807, 2.05) is 11.3 Å². The van der Waals surface area contributed by atoms with Gasteiger partial charge >= 0.3 is 0 Å². The second-order valence-electron chi connectivity index (χ2n) is 4.15. The van der Waals surface area contributed by atoms with E-state index in [0.29, 0.717) is 0 Å². The molecule has 1 aromatic rings. The molecule has 1 unspecified atom stereocenters. The Labute approximate surface area is 89.8 Å². The van der Waals surface area contributed by atoms with E-state index >= 15 is 0 Å². The van der Waals surface area contributed by atoms with Crippen molar-refractivity contribution in [3.63, 3.8) is 0 Å². The first-order chi connectivity index (χ1) is 6.75. The summed E-state index contributed by atoms with van der Waals surface area (Å²) in [5, 5.41) is 4.67. The smallest absolute Gasteiger partial charge is 0.0900 e. The van der Waals surface area contributed by atoms with Crippen molar-refractivity contribution in [2.24, 2.45) is 5.92 Å². The molecule has 2 rings (SSSR count). The Morgan fingerprint density at radius 3 is 2.93 bits per heavy atom. The molecule has 0 spiro atoms. The van der Waals surface area contributed by atoms with Gasteiger partial charge in [0.2, 0.25) is 0 Å². The van der Waals surface area contributed by atoms with Crippen LogP contribution in [0, 0.1) is 19.8 Å². The summed E-state index contributed by atoms with van der Waals surface area (Å²) in [6.45, 7) is 6.66. The van der Waals surface area contributed by atoms with Crippen molar-refractivity contribution in [2.75, 3.05) is 13.1 Å². The summed E-state index contributed by atoms with van der Waals surface area (Å²) in [7, 11) is 0. The van der Waals surface area contributed by atoms with Crippen LogP contribution in [0.4, 0.5) is 0 Å². The predicted octanol–water partition coefficient (Wildman–Crippen LogP) is 2.30. The van der Waals surface area contributed by atoms with Crippen LogP contribution in [0.2, 0.25) is 0 Å². The van der Waals surface area contributed by atoms with Crippen LogP contribution in [0.15, 0.2) is 0 Å². The van der Waals surface area contributed by atoms with Gasteiger partial charge in [-0.05, 0) is 52.1 Å². The SMILES string of the molecule is Cc1nc(CC2CCCNC2)c(C)s1. The van der Waals surface area contributed by atoms with Gasteiger partial charge in [0.25, 0.3) is 0 Å². The normalized spacial score (nSPS) is 22.6. The second-order valence-corrected chi connectivity index (χ2v) is 5.56. The zero-order valence-electron chi connectivity index (χ0n) is 8.97. The summed E-state index contributed by atoms with van der Waals surface area (Å²) < 4.78 is 0. The van der Waals surface area contributed by atoms with Crippen molar-refractivity contribution < 1.29 is 0 Å². The molecule has 1 aromatic heterocycles. The van der Waals surface area contributed by atoms with E-state index in [4.69, 9.17) is 0 Å². The number of nitrogens with one attached hydrogen (secondary N) is 1. The van der Waals surface area contributed by atoms with E-state index in [2.05, 4.69) is 24.1 Å². The number of hydrogen-bond donors (Lipinski definition) is 1. The van der Waals surface area contributed by atoms with Gasteiger partial charge in [0.05, 0.1) is 10.7 Å². The fraction of sp³-hybridized carbons (Fsp3) is 0.727. The molecule has 3 heteroatoms. The molecule has 1 aliphatic heterocycles. The van der Waals surface area contributed by atoms with E-state index in [1.165, 1.54) is 47.9 Å². The first kappa shape index (κ1) is 10.1. The Bertz CT molecular complexity index is 300. The molecule has 1 atom stereocenters. The molecule has 2 nitrogen and oxygen atoms in total. The van der Waals surface area contributed by atoms with Gasteiger partial charge < -0.3 is 5.32 Å². The Morgan fingerprint density at radius 1 is 1.50 bits per heavy atom. The fourth-order valence-corrected chi connectivity index (χ4v) is 2.98. The van der Waals surface area contributed by atoms with Gasteiger partial charge in [-0.1, -0.05) is 0 Å². The van der Waals surface area contributed by atoms with Crippen LogP contribution >= 0.6 is 11.3 Å². The lowest BCUT2D eigenvalue weighted by atomic mass is 9.94. The quantitative estimate of drug-likeness (QED) is 0.810. The summed E-state index contributed by atoms with van der Waals surface area (Å²) in [5.41, 5.74) is 1.33. The number of nitrogens with zero attached hydrogens (tertiary/aromatic N) is 1. The maximum Gasteiger partial charge on any atom is 0.0900 e. The number of thiazole rings is 1. The Balaban J connectivity index is 1.98. The number of aryl methyl sites for hydroxylation is 2. The first-order valence-electron chi connectivity index (χ1n) is 5.39. The minimum Gasteiger partial charge on any atom is -0.316 e. The van der Waals surface area contributed by atoms with Gasteiger partial charge in [0, 0.05) is 4.88 Å².